The number of aromatic carboxylic acids is 1. The predicted octanol–water partition coefficient (Wildman–Crippen LogP) is 6.31. The van der Waals surface area contributed by atoms with Crippen LogP contribution in [0.25, 0.3) is 10.2 Å². The Labute approximate surface area is 289 Å². The lowest BCUT2D eigenvalue weighted by atomic mass is 9.94. The molecule has 254 valence electrons. The van der Waals surface area contributed by atoms with Crippen molar-refractivity contribution in [2.75, 3.05) is 61.5 Å². The van der Waals surface area contributed by atoms with E-state index in [1.807, 2.05) is 53.2 Å². The van der Waals surface area contributed by atoms with E-state index in [4.69, 9.17) is 4.74 Å². The Bertz CT molecular complexity index is 1990. The number of rotatable bonds is 10. The molecule has 0 radical (unpaired) electrons. The number of thiazole rings is 2. The molecule has 0 aliphatic carbocycles. The Morgan fingerprint density at radius 3 is 2.57 bits per heavy atom. The minimum Gasteiger partial charge on any atom is -0.490 e. The van der Waals surface area contributed by atoms with Crippen LogP contribution in [0.5, 0.6) is 5.75 Å². The zero-order valence-corrected chi connectivity index (χ0v) is 28.4. The molecule has 49 heavy (non-hydrogen) atoms. The van der Waals surface area contributed by atoms with Gasteiger partial charge in [-0.15, -0.1) is 11.3 Å². The first-order valence-electron chi connectivity index (χ1n) is 16.0. The molecular formula is C35H34F2N6O4S2. The van der Waals surface area contributed by atoms with Crippen LogP contribution in [0.4, 0.5) is 24.7 Å². The standard InChI is InChI=1S/C35H34F2N6O4S2/c1-41-13-15-42(16-14-41)27-18-25(37)28(19-24(27)36)47-17-5-10-30-31(33(45)46)39-35(49-30)43-12-11-21-6-4-7-22(23(21)20-43)32(44)40-34-38-26-8-2-3-9-29(26)48-34/h2-4,6-9,18-19H,5,10-17,20H2,1H3,(H,45,46)(H,38,40,44). The highest BCUT2D eigenvalue weighted by Crippen LogP contribution is 2.34. The van der Waals surface area contributed by atoms with Crippen molar-refractivity contribution in [2.45, 2.75) is 25.8 Å². The number of aromatic nitrogens is 2. The summed E-state index contributed by atoms with van der Waals surface area (Å²) in [5.41, 5.74) is 3.46. The van der Waals surface area contributed by atoms with Crippen LogP contribution >= 0.6 is 22.7 Å². The zero-order chi connectivity index (χ0) is 34.1. The third-order valence-corrected chi connectivity index (χ3v) is 11.0. The molecule has 0 spiro atoms. The van der Waals surface area contributed by atoms with Crippen molar-refractivity contribution in [1.29, 1.82) is 0 Å². The summed E-state index contributed by atoms with van der Waals surface area (Å²) in [6, 6.07) is 15.6. The van der Waals surface area contributed by atoms with Crippen molar-refractivity contribution in [1.82, 2.24) is 14.9 Å². The topological polar surface area (TPSA) is 111 Å². The van der Waals surface area contributed by atoms with Crippen LogP contribution in [0.1, 0.15) is 43.3 Å². The van der Waals surface area contributed by atoms with E-state index in [1.54, 1.807) is 6.07 Å². The van der Waals surface area contributed by atoms with E-state index in [9.17, 15) is 23.5 Å². The SMILES string of the molecule is CN1CCN(c2cc(F)c(OCCCc3sc(N4CCc5cccc(C(=O)Nc6nc7ccccc7s6)c5C4)nc3C(=O)O)cc2F)CC1. The monoisotopic (exact) mass is 704 g/mol. The molecule has 0 unspecified atom stereocenters. The Morgan fingerprint density at radius 2 is 1.78 bits per heavy atom. The minimum atomic E-state index is -1.14. The highest BCUT2D eigenvalue weighted by atomic mass is 32.1. The summed E-state index contributed by atoms with van der Waals surface area (Å²) in [5, 5.41) is 13.9. The van der Waals surface area contributed by atoms with Crippen LogP contribution in [0.15, 0.2) is 54.6 Å². The van der Waals surface area contributed by atoms with E-state index in [-0.39, 0.29) is 29.6 Å². The molecule has 14 heteroatoms. The van der Waals surface area contributed by atoms with Crippen molar-refractivity contribution in [3.63, 3.8) is 0 Å². The molecule has 2 aliphatic heterocycles. The van der Waals surface area contributed by atoms with Gasteiger partial charge in [0, 0.05) is 61.8 Å². The lowest BCUT2D eigenvalue weighted by Gasteiger charge is -2.34. The van der Waals surface area contributed by atoms with Crippen molar-refractivity contribution >= 4 is 60.7 Å². The molecule has 5 aromatic rings. The summed E-state index contributed by atoms with van der Waals surface area (Å²) in [6.45, 7) is 3.84. The van der Waals surface area contributed by atoms with Gasteiger partial charge in [-0.1, -0.05) is 35.6 Å². The number of benzene rings is 3. The molecule has 2 aliphatic rings. The number of hydrogen-bond donors (Lipinski definition) is 2. The normalized spacial score (nSPS) is 15.0. The number of nitrogens with one attached hydrogen (secondary N) is 1. The maximum Gasteiger partial charge on any atom is 0.355 e. The van der Waals surface area contributed by atoms with Gasteiger partial charge in [0.25, 0.3) is 5.91 Å². The molecule has 1 saturated heterocycles. The number of nitrogens with zero attached hydrogens (tertiary/aromatic N) is 5. The fraction of sp³-hybridized carbons (Fsp3) is 0.314. The van der Waals surface area contributed by atoms with Crippen LogP contribution in [0, 0.1) is 11.6 Å². The molecule has 0 saturated carbocycles. The second-order valence-corrected chi connectivity index (χ2v) is 14.2. The molecule has 4 heterocycles. The molecule has 7 rings (SSSR count). The highest BCUT2D eigenvalue weighted by molar-refractivity contribution is 7.22. The number of halogens is 2. The minimum absolute atomic E-state index is 0.0404. The van der Waals surface area contributed by atoms with Crippen LogP contribution in [-0.2, 0) is 19.4 Å². The number of carboxylic acid groups (broad SMARTS) is 1. The van der Waals surface area contributed by atoms with E-state index in [0.717, 1.165) is 40.5 Å². The molecule has 1 fully saturated rings. The van der Waals surface area contributed by atoms with E-state index in [0.29, 0.717) is 66.1 Å². The number of anilines is 3. The smallest absolute Gasteiger partial charge is 0.355 e. The number of likely N-dealkylation sites (N-methyl/N-ethyl adjacent to an activating group) is 1. The Hall–Kier alpha value is -4.66. The quantitative estimate of drug-likeness (QED) is 0.162. The van der Waals surface area contributed by atoms with Gasteiger partial charge < -0.3 is 24.5 Å². The molecule has 10 nitrogen and oxygen atoms in total. The largest absolute Gasteiger partial charge is 0.490 e. The number of hydrogen-bond acceptors (Lipinski definition) is 10. The molecule has 0 bridgehead atoms. The fourth-order valence-electron chi connectivity index (χ4n) is 6.19. The van der Waals surface area contributed by atoms with Gasteiger partial charge in [0.2, 0.25) is 0 Å². The first-order chi connectivity index (χ1) is 23.7. The predicted molar refractivity (Wildman–Crippen MR) is 188 cm³/mol. The number of para-hydroxylation sites is 1. The number of fused-ring (bicyclic) bond motifs is 2. The number of carbonyl (C=O) groups is 2. The number of aryl methyl sites for hydroxylation is 1. The van der Waals surface area contributed by atoms with Gasteiger partial charge in [-0.3, -0.25) is 10.1 Å². The van der Waals surface area contributed by atoms with Crippen molar-refractivity contribution in [2.24, 2.45) is 0 Å². The number of piperazine rings is 1. The lowest BCUT2D eigenvalue weighted by Crippen LogP contribution is -2.44. The van der Waals surface area contributed by atoms with Gasteiger partial charge in [0.05, 0.1) is 22.5 Å². The molecule has 0 atom stereocenters. The van der Waals surface area contributed by atoms with Crippen LogP contribution in [0.3, 0.4) is 0 Å². The lowest BCUT2D eigenvalue weighted by molar-refractivity contribution is 0.0690. The van der Waals surface area contributed by atoms with Gasteiger partial charge >= 0.3 is 5.97 Å². The van der Waals surface area contributed by atoms with Gasteiger partial charge in [-0.2, -0.15) is 0 Å². The number of ether oxygens (including phenoxy) is 1. The van der Waals surface area contributed by atoms with Gasteiger partial charge in [0.15, 0.2) is 27.5 Å². The Balaban J connectivity index is 1.00. The van der Waals surface area contributed by atoms with E-state index < -0.39 is 17.6 Å². The van der Waals surface area contributed by atoms with Crippen molar-refractivity contribution < 1.29 is 28.2 Å². The van der Waals surface area contributed by atoms with Crippen molar-refractivity contribution in [3.05, 3.63) is 93.5 Å². The second kappa shape index (κ2) is 14.1. The van der Waals surface area contributed by atoms with Crippen molar-refractivity contribution in [3.8, 4) is 5.75 Å². The molecule has 1 amide bonds. The first-order valence-corrected chi connectivity index (χ1v) is 17.7. The number of carbonyl (C=O) groups excluding carboxylic acids is 1. The average molecular weight is 705 g/mol. The van der Waals surface area contributed by atoms with Crippen LogP contribution in [0.2, 0.25) is 0 Å². The Kier molecular flexibility index (Phi) is 9.43. The van der Waals surface area contributed by atoms with Crippen LogP contribution < -0.4 is 19.9 Å². The molecule has 2 aromatic heterocycles. The van der Waals surface area contributed by atoms with Gasteiger partial charge in [-0.05, 0) is 55.6 Å². The Morgan fingerprint density at radius 1 is 0.959 bits per heavy atom. The summed E-state index contributed by atoms with van der Waals surface area (Å²) in [7, 11) is 1.99. The summed E-state index contributed by atoms with van der Waals surface area (Å²) in [5.74, 6) is -2.75. The summed E-state index contributed by atoms with van der Waals surface area (Å²) >= 11 is 2.70. The van der Waals surface area contributed by atoms with E-state index in [1.165, 1.54) is 28.7 Å². The molecule has 2 N–H and O–H groups in total. The third-order valence-electron chi connectivity index (χ3n) is 8.84. The number of carboxylic acids is 1. The summed E-state index contributed by atoms with van der Waals surface area (Å²) in [4.78, 5) is 41.1. The maximum absolute atomic E-state index is 14.9. The van der Waals surface area contributed by atoms with Crippen LogP contribution in [-0.4, -0.2) is 78.2 Å². The van der Waals surface area contributed by atoms with E-state index >= 15 is 0 Å². The fourth-order valence-corrected chi connectivity index (χ4v) is 8.17. The first kappa shape index (κ1) is 32.9. The van der Waals surface area contributed by atoms with Gasteiger partial charge in [0.1, 0.15) is 5.82 Å². The second-order valence-electron chi connectivity index (χ2n) is 12.1. The highest BCUT2D eigenvalue weighted by Gasteiger charge is 2.27. The maximum atomic E-state index is 14.9. The average Bonchev–Trinajstić information content (AvgIpc) is 3.72. The summed E-state index contributed by atoms with van der Waals surface area (Å²) in [6.07, 6.45) is 1.38. The molecular weight excluding hydrogens is 671 g/mol. The van der Waals surface area contributed by atoms with Gasteiger partial charge in [-0.25, -0.2) is 23.5 Å². The zero-order valence-electron chi connectivity index (χ0n) is 26.7. The van der Waals surface area contributed by atoms with E-state index in [2.05, 4.69) is 20.2 Å². The third kappa shape index (κ3) is 7.07. The molecule has 3 aromatic carbocycles. The summed E-state index contributed by atoms with van der Waals surface area (Å²) < 4.78 is 36.4. The number of amides is 1.